The minimum Gasteiger partial charge on any atom is -0.369 e. The molecule has 0 saturated carbocycles. The van der Waals surface area contributed by atoms with Gasteiger partial charge in [0.15, 0.2) is 6.23 Å². The van der Waals surface area contributed by atoms with E-state index in [4.69, 9.17) is 0 Å². The van der Waals surface area contributed by atoms with Gasteiger partial charge in [0.25, 0.3) is 0 Å². The molecule has 1 unspecified atom stereocenters. The molecule has 0 saturated heterocycles. The first-order valence-electron chi connectivity index (χ1n) is 14.5. The van der Waals surface area contributed by atoms with Gasteiger partial charge in [0.2, 0.25) is 5.91 Å². The van der Waals surface area contributed by atoms with E-state index in [0.717, 1.165) is 66.3 Å². The summed E-state index contributed by atoms with van der Waals surface area (Å²) in [4.78, 5) is 22.6. The molecule has 0 aliphatic carbocycles. The number of fused-ring (bicyclic) bond motifs is 5. The standard InChI is InChI=1S/C37H24N4O2S2/c1-40-36(42)18-27(37(40)43)21-2-8-26(9-3-21)41-32-10-4-22(24-6-12-34-30(16-24)38-19-44-34)14-28(32)29-15-23(5-11-33(29)41)25-7-13-35-31(17-25)39-20-45-35/h2-20,37,43H,1H3. The van der Waals surface area contributed by atoms with Crippen molar-refractivity contribution in [3.05, 3.63) is 120 Å². The summed E-state index contributed by atoms with van der Waals surface area (Å²) >= 11 is 3.30. The summed E-state index contributed by atoms with van der Waals surface area (Å²) in [7, 11) is 1.61. The highest BCUT2D eigenvalue weighted by atomic mass is 32.1. The second-order valence-electron chi connectivity index (χ2n) is 11.3. The summed E-state index contributed by atoms with van der Waals surface area (Å²) in [5.41, 5.74) is 15.0. The highest BCUT2D eigenvalue weighted by molar-refractivity contribution is 7.17. The van der Waals surface area contributed by atoms with Crippen LogP contribution in [0.5, 0.6) is 0 Å². The van der Waals surface area contributed by atoms with E-state index in [1.165, 1.54) is 20.4 Å². The SMILES string of the molecule is CN1C(=O)C=C(c2ccc(-n3c4ccc(-c5ccc6scnc6c5)cc4c4cc(-c5ccc6scnc6c5)ccc43)cc2)C1O. The van der Waals surface area contributed by atoms with Gasteiger partial charge in [-0.1, -0.05) is 36.4 Å². The van der Waals surface area contributed by atoms with Crippen LogP contribution in [-0.4, -0.2) is 43.7 Å². The molecule has 5 aromatic carbocycles. The fourth-order valence-electron chi connectivity index (χ4n) is 6.41. The molecule has 0 radical (unpaired) electrons. The lowest BCUT2D eigenvalue weighted by molar-refractivity contribution is -0.128. The lowest BCUT2D eigenvalue weighted by Crippen LogP contribution is -2.30. The minimum atomic E-state index is -0.944. The van der Waals surface area contributed by atoms with E-state index in [-0.39, 0.29) is 5.91 Å². The van der Waals surface area contributed by atoms with Crippen LogP contribution in [0.15, 0.2) is 114 Å². The number of hydrogen-bond donors (Lipinski definition) is 1. The first kappa shape index (κ1) is 26.3. The molecule has 1 aliphatic heterocycles. The molecule has 1 amide bonds. The molecule has 45 heavy (non-hydrogen) atoms. The second kappa shape index (κ2) is 9.93. The summed E-state index contributed by atoms with van der Waals surface area (Å²) < 4.78 is 4.64. The zero-order valence-electron chi connectivity index (χ0n) is 24.0. The number of nitrogens with zero attached hydrogens (tertiary/aromatic N) is 4. The maximum atomic E-state index is 12.2. The number of aliphatic hydroxyl groups is 1. The Morgan fingerprint density at radius 3 is 1.64 bits per heavy atom. The number of hydrogen-bond acceptors (Lipinski definition) is 6. The Bertz CT molecular complexity index is 2370. The molecular formula is C37H24N4O2S2. The van der Waals surface area contributed by atoms with E-state index in [2.05, 4.69) is 99.5 Å². The Balaban J connectivity index is 1.23. The quantitative estimate of drug-likeness (QED) is 0.214. The monoisotopic (exact) mass is 620 g/mol. The number of amides is 1. The van der Waals surface area contributed by atoms with Crippen LogP contribution < -0.4 is 0 Å². The van der Waals surface area contributed by atoms with Gasteiger partial charge >= 0.3 is 0 Å². The average Bonchev–Trinajstić information content (AvgIpc) is 3.86. The molecule has 4 heterocycles. The molecule has 8 heteroatoms. The van der Waals surface area contributed by atoms with Crippen molar-refractivity contribution < 1.29 is 9.90 Å². The molecular weight excluding hydrogens is 597 g/mol. The number of carbonyl (C=O) groups is 1. The van der Waals surface area contributed by atoms with Gasteiger partial charge in [-0.25, -0.2) is 9.97 Å². The van der Waals surface area contributed by atoms with Crippen molar-refractivity contribution in [2.75, 3.05) is 7.05 Å². The largest absolute Gasteiger partial charge is 0.369 e. The predicted molar refractivity (Wildman–Crippen MR) is 185 cm³/mol. The summed E-state index contributed by atoms with van der Waals surface area (Å²) in [6.45, 7) is 0. The van der Waals surface area contributed by atoms with Crippen molar-refractivity contribution in [1.29, 1.82) is 0 Å². The third-order valence-corrected chi connectivity index (χ3v) is 10.4. The molecule has 8 aromatic rings. The average molecular weight is 621 g/mol. The van der Waals surface area contributed by atoms with E-state index in [0.29, 0.717) is 5.57 Å². The van der Waals surface area contributed by atoms with Crippen molar-refractivity contribution in [3.63, 3.8) is 0 Å². The van der Waals surface area contributed by atoms with Crippen LogP contribution >= 0.6 is 22.7 Å². The van der Waals surface area contributed by atoms with Crippen LogP contribution in [0.25, 0.3) is 75.8 Å². The van der Waals surface area contributed by atoms with Crippen molar-refractivity contribution >= 4 is 76.4 Å². The van der Waals surface area contributed by atoms with Gasteiger partial charge in [0.1, 0.15) is 0 Å². The van der Waals surface area contributed by atoms with Crippen LogP contribution in [0.1, 0.15) is 5.56 Å². The summed E-state index contributed by atoms with van der Waals surface area (Å²) in [6.07, 6.45) is 0.565. The first-order chi connectivity index (χ1) is 22.0. The van der Waals surface area contributed by atoms with E-state index in [1.54, 1.807) is 29.7 Å². The topological polar surface area (TPSA) is 71.2 Å². The van der Waals surface area contributed by atoms with E-state index in [9.17, 15) is 9.90 Å². The number of aromatic nitrogens is 3. The van der Waals surface area contributed by atoms with Crippen LogP contribution in [0.2, 0.25) is 0 Å². The van der Waals surface area contributed by atoms with Gasteiger partial charge in [-0.2, -0.15) is 0 Å². The number of likely N-dealkylation sites (N-methyl/N-ethyl adjacent to an activating group) is 1. The van der Waals surface area contributed by atoms with Crippen LogP contribution in [0.3, 0.4) is 0 Å². The van der Waals surface area contributed by atoms with Crippen LogP contribution in [0, 0.1) is 0 Å². The second-order valence-corrected chi connectivity index (χ2v) is 13.1. The molecule has 9 rings (SSSR count). The number of thiazole rings is 2. The molecule has 6 nitrogen and oxygen atoms in total. The van der Waals surface area contributed by atoms with Gasteiger partial charge in [-0.15, -0.1) is 22.7 Å². The van der Waals surface area contributed by atoms with Gasteiger partial charge in [0.05, 0.1) is 42.5 Å². The minimum absolute atomic E-state index is 0.196. The fraction of sp³-hybridized carbons (Fsp3) is 0.0541. The van der Waals surface area contributed by atoms with Crippen molar-refractivity contribution in [1.82, 2.24) is 19.4 Å². The predicted octanol–water partition coefficient (Wildman–Crippen LogP) is 8.51. The number of benzene rings is 5. The highest BCUT2D eigenvalue weighted by Crippen LogP contribution is 2.38. The molecule has 1 aliphatic rings. The van der Waals surface area contributed by atoms with Crippen molar-refractivity contribution in [3.8, 4) is 27.9 Å². The van der Waals surface area contributed by atoms with Crippen LogP contribution in [-0.2, 0) is 4.79 Å². The Labute approximate surface area is 265 Å². The van der Waals surface area contributed by atoms with E-state index in [1.807, 2.05) is 23.2 Å². The maximum Gasteiger partial charge on any atom is 0.249 e. The Morgan fingerprint density at radius 1 is 0.644 bits per heavy atom. The zero-order chi connectivity index (χ0) is 30.2. The molecule has 1 atom stereocenters. The maximum absolute atomic E-state index is 12.2. The lowest BCUT2D eigenvalue weighted by Gasteiger charge is -2.17. The van der Waals surface area contributed by atoms with Crippen LogP contribution in [0.4, 0.5) is 0 Å². The van der Waals surface area contributed by atoms with E-state index < -0.39 is 6.23 Å². The summed E-state index contributed by atoms with van der Waals surface area (Å²) in [5, 5.41) is 12.9. The van der Waals surface area contributed by atoms with Crippen molar-refractivity contribution in [2.45, 2.75) is 6.23 Å². The third-order valence-electron chi connectivity index (χ3n) is 8.82. The number of rotatable bonds is 4. The fourth-order valence-corrected chi connectivity index (χ4v) is 7.73. The Morgan fingerprint density at radius 2 is 1.13 bits per heavy atom. The molecule has 0 bridgehead atoms. The normalized spacial score (nSPS) is 15.2. The molecule has 0 spiro atoms. The van der Waals surface area contributed by atoms with Gasteiger partial charge in [-0.3, -0.25) is 4.79 Å². The smallest absolute Gasteiger partial charge is 0.249 e. The summed E-state index contributed by atoms with van der Waals surface area (Å²) in [6, 6.07) is 34.3. The van der Waals surface area contributed by atoms with Gasteiger partial charge < -0.3 is 14.6 Å². The molecule has 3 aromatic heterocycles. The number of carbonyl (C=O) groups excluding carboxylic acids is 1. The Kier molecular flexibility index (Phi) is 5.80. The number of aliphatic hydroxyl groups excluding tert-OH is 1. The van der Waals surface area contributed by atoms with Gasteiger partial charge in [-0.05, 0) is 88.5 Å². The lowest BCUT2D eigenvalue weighted by atomic mass is 10.00. The first-order valence-corrected chi connectivity index (χ1v) is 16.3. The third kappa shape index (κ3) is 4.14. The highest BCUT2D eigenvalue weighted by Gasteiger charge is 2.28. The van der Waals surface area contributed by atoms with E-state index >= 15 is 0 Å². The molecule has 0 fully saturated rings. The summed E-state index contributed by atoms with van der Waals surface area (Å²) in [5.74, 6) is -0.196. The van der Waals surface area contributed by atoms with Crippen molar-refractivity contribution in [2.24, 2.45) is 0 Å². The Hall–Kier alpha value is -5.15. The van der Waals surface area contributed by atoms with Gasteiger partial charge in [0, 0.05) is 35.2 Å². The zero-order valence-corrected chi connectivity index (χ0v) is 25.6. The molecule has 1 N–H and O–H groups in total. The molecule has 216 valence electrons.